The summed E-state index contributed by atoms with van der Waals surface area (Å²) in [6.45, 7) is 10.9. The Bertz CT molecular complexity index is 504. The number of carboxylic acids is 1. The highest BCUT2D eigenvalue weighted by atomic mass is 16.4. The number of hydrogen-bond donors (Lipinski definition) is 1. The fraction of sp³-hybridized carbons (Fsp3) is 0.609. The number of aliphatic carboxylic acids is 1. The molecular weight excluding hydrogens is 308 g/mol. The van der Waals surface area contributed by atoms with E-state index in [0.717, 1.165) is 38.5 Å². The van der Waals surface area contributed by atoms with Crippen LogP contribution in [0.3, 0.4) is 0 Å². The van der Waals surface area contributed by atoms with E-state index in [1.54, 1.807) is 0 Å². The molecule has 0 aliphatic carbocycles. The molecule has 0 radical (unpaired) electrons. The number of rotatable bonds is 13. The van der Waals surface area contributed by atoms with Gasteiger partial charge in [-0.25, -0.2) is 0 Å². The summed E-state index contributed by atoms with van der Waals surface area (Å²) in [7, 11) is 0. The van der Waals surface area contributed by atoms with Gasteiger partial charge in [-0.2, -0.15) is 0 Å². The second kappa shape index (κ2) is 14.7. The van der Waals surface area contributed by atoms with Crippen molar-refractivity contribution >= 4 is 5.97 Å². The van der Waals surface area contributed by atoms with Crippen LogP contribution in [0.1, 0.15) is 92.4 Å². The van der Waals surface area contributed by atoms with Gasteiger partial charge in [0.25, 0.3) is 0 Å². The summed E-state index contributed by atoms with van der Waals surface area (Å²) in [5.41, 5.74) is 5.71. The molecule has 0 saturated heterocycles. The molecule has 0 spiro atoms. The molecule has 0 unspecified atom stereocenters. The van der Waals surface area contributed by atoms with E-state index in [9.17, 15) is 4.79 Å². The fourth-order valence-electron chi connectivity index (χ4n) is 2.53. The molecule has 0 aromatic rings. The smallest absolute Gasteiger partial charge is 0.303 e. The maximum absolute atomic E-state index is 10.5. The number of carboxylic acid groups (broad SMARTS) is 1. The Morgan fingerprint density at radius 1 is 0.640 bits per heavy atom. The quantitative estimate of drug-likeness (QED) is 0.353. The lowest BCUT2D eigenvalue weighted by molar-refractivity contribution is -0.136. The normalized spacial score (nSPS) is 14.1. The summed E-state index contributed by atoms with van der Waals surface area (Å²) < 4.78 is 0. The van der Waals surface area contributed by atoms with Gasteiger partial charge in [0.05, 0.1) is 0 Å². The van der Waals surface area contributed by atoms with Crippen molar-refractivity contribution in [3.8, 4) is 0 Å². The van der Waals surface area contributed by atoms with E-state index in [-0.39, 0.29) is 6.42 Å². The predicted molar refractivity (Wildman–Crippen MR) is 110 cm³/mol. The average Bonchev–Trinajstić information content (AvgIpc) is 2.54. The van der Waals surface area contributed by atoms with Crippen molar-refractivity contribution in [3.05, 3.63) is 46.6 Å². The van der Waals surface area contributed by atoms with Gasteiger partial charge in [0, 0.05) is 6.42 Å². The molecule has 0 atom stereocenters. The monoisotopic (exact) mass is 346 g/mol. The van der Waals surface area contributed by atoms with Crippen molar-refractivity contribution in [2.75, 3.05) is 0 Å². The maximum Gasteiger partial charge on any atom is 0.303 e. The highest BCUT2D eigenvalue weighted by Crippen LogP contribution is 2.14. The van der Waals surface area contributed by atoms with Crippen molar-refractivity contribution in [3.63, 3.8) is 0 Å². The largest absolute Gasteiger partial charge is 0.481 e. The highest BCUT2D eigenvalue weighted by molar-refractivity contribution is 5.66. The number of hydrogen-bond acceptors (Lipinski definition) is 1. The Kier molecular flexibility index (Phi) is 13.8. The second-order valence-corrected chi connectivity index (χ2v) is 7.10. The molecule has 0 heterocycles. The van der Waals surface area contributed by atoms with Crippen molar-refractivity contribution in [1.29, 1.82) is 0 Å². The molecule has 2 nitrogen and oxygen atoms in total. The SMILES string of the molecule is CCC(C)=CCC/C(C)=C/CCC(C)=CCC/C(C)=C/CCC(=O)O. The predicted octanol–water partition coefficient (Wildman–Crippen LogP) is 7.39. The summed E-state index contributed by atoms with van der Waals surface area (Å²) in [5.74, 6) is -0.723. The highest BCUT2D eigenvalue weighted by Gasteiger charge is 1.96. The van der Waals surface area contributed by atoms with Gasteiger partial charge >= 0.3 is 5.97 Å². The van der Waals surface area contributed by atoms with Gasteiger partial charge < -0.3 is 5.11 Å². The summed E-state index contributed by atoms with van der Waals surface area (Å²) in [4.78, 5) is 10.5. The molecule has 2 heteroatoms. The van der Waals surface area contributed by atoms with Crippen LogP contribution in [0.4, 0.5) is 0 Å². The lowest BCUT2D eigenvalue weighted by atomic mass is 10.0. The van der Waals surface area contributed by atoms with E-state index in [2.05, 4.69) is 58.9 Å². The lowest BCUT2D eigenvalue weighted by Crippen LogP contribution is -1.92. The first kappa shape index (κ1) is 23.4. The Morgan fingerprint density at radius 2 is 0.960 bits per heavy atom. The summed E-state index contributed by atoms with van der Waals surface area (Å²) in [6, 6.07) is 0. The number of allylic oxidation sites excluding steroid dienone is 8. The van der Waals surface area contributed by atoms with Crippen LogP contribution in [-0.2, 0) is 4.79 Å². The first-order chi connectivity index (χ1) is 11.8. The van der Waals surface area contributed by atoms with E-state index in [0.29, 0.717) is 6.42 Å². The van der Waals surface area contributed by atoms with Crippen LogP contribution in [0.15, 0.2) is 46.6 Å². The second-order valence-electron chi connectivity index (χ2n) is 7.10. The molecule has 0 bridgehead atoms. The average molecular weight is 347 g/mol. The van der Waals surface area contributed by atoms with Crippen molar-refractivity contribution in [1.82, 2.24) is 0 Å². The summed E-state index contributed by atoms with van der Waals surface area (Å²) in [6.07, 6.45) is 17.8. The molecule has 0 aliphatic heterocycles. The molecular formula is C23H38O2. The molecule has 142 valence electrons. The summed E-state index contributed by atoms with van der Waals surface area (Å²) >= 11 is 0. The van der Waals surface area contributed by atoms with E-state index in [1.807, 2.05) is 0 Å². The molecule has 0 rings (SSSR count). The third kappa shape index (κ3) is 15.7. The Labute approximate surface area is 155 Å². The molecule has 0 saturated carbocycles. The molecule has 0 amide bonds. The zero-order chi connectivity index (χ0) is 19.1. The van der Waals surface area contributed by atoms with E-state index >= 15 is 0 Å². The van der Waals surface area contributed by atoms with Gasteiger partial charge in [-0.15, -0.1) is 0 Å². The topological polar surface area (TPSA) is 37.3 Å². The third-order valence-corrected chi connectivity index (χ3v) is 4.50. The summed E-state index contributed by atoms with van der Waals surface area (Å²) in [5, 5.41) is 8.63. The molecule has 1 N–H and O–H groups in total. The van der Waals surface area contributed by atoms with Gasteiger partial charge in [0.1, 0.15) is 0 Å². The van der Waals surface area contributed by atoms with E-state index in [4.69, 9.17) is 5.11 Å². The van der Waals surface area contributed by atoms with Crippen LogP contribution in [0.25, 0.3) is 0 Å². The standard InChI is InChI=1S/C23H38O2/c1-6-19(2)11-7-12-20(3)13-8-14-21(4)15-9-16-22(5)17-10-18-23(24)25/h11,13,15,17H,6-10,12,14,16,18H2,1-5H3,(H,24,25)/b19-11?,20-13+,21-15?,22-17+. The van der Waals surface area contributed by atoms with Crippen LogP contribution < -0.4 is 0 Å². The van der Waals surface area contributed by atoms with Crippen LogP contribution in [-0.4, -0.2) is 11.1 Å². The van der Waals surface area contributed by atoms with Crippen molar-refractivity contribution in [2.24, 2.45) is 0 Å². The maximum atomic E-state index is 10.5. The van der Waals surface area contributed by atoms with Gasteiger partial charge in [-0.05, 0) is 79.1 Å². The van der Waals surface area contributed by atoms with E-state index in [1.165, 1.54) is 28.7 Å². The Hall–Kier alpha value is -1.57. The van der Waals surface area contributed by atoms with Gasteiger partial charge in [0.2, 0.25) is 0 Å². The molecule has 25 heavy (non-hydrogen) atoms. The van der Waals surface area contributed by atoms with Crippen LogP contribution in [0, 0.1) is 0 Å². The molecule has 0 aromatic heterocycles. The minimum atomic E-state index is -0.723. The first-order valence-corrected chi connectivity index (χ1v) is 9.69. The zero-order valence-corrected chi connectivity index (χ0v) is 17.0. The van der Waals surface area contributed by atoms with Gasteiger partial charge in [-0.1, -0.05) is 53.5 Å². The third-order valence-electron chi connectivity index (χ3n) is 4.50. The Balaban J connectivity index is 4.00. The van der Waals surface area contributed by atoms with Gasteiger partial charge in [0.15, 0.2) is 0 Å². The Morgan fingerprint density at radius 3 is 1.28 bits per heavy atom. The fourth-order valence-corrected chi connectivity index (χ4v) is 2.53. The molecule has 0 aromatic carbocycles. The van der Waals surface area contributed by atoms with Gasteiger partial charge in [-0.3, -0.25) is 4.79 Å². The first-order valence-electron chi connectivity index (χ1n) is 9.69. The van der Waals surface area contributed by atoms with Crippen molar-refractivity contribution < 1.29 is 9.90 Å². The van der Waals surface area contributed by atoms with Crippen LogP contribution in [0.2, 0.25) is 0 Å². The molecule has 0 fully saturated rings. The van der Waals surface area contributed by atoms with Crippen molar-refractivity contribution in [2.45, 2.75) is 92.4 Å². The molecule has 0 aliphatic rings. The lowest BCUT2D eigenvalue weighted by Gasteiger charge is -2.03. The number of carbonyl (C=O) groups is 1. The minimum Gasteiger partial charge on any atom is -0.481 e. The van der Waals surface area contributed by atoms with Crippen LogP contribution in [0.5, 0.6) is 0 Å². The van der Waals surface area contributed by atoms with Crippen LogP contribution >= 0.6 is 0 Å². The zero-order valence-electron chi connectivity index (χ0n) is 17.0. The van der Waals surface area contributed by atoms with E-state index < -0.39 is 5.97 Å². The minimum absolute atomic E-state index is 0.228.